The van der Waals surface area contributed by atoms with Crippen LogP contribution in [0, 0.1) is 23.7 Å². The van der Waals surface area contributed by atoms with Gasteiger partial charge < -0.3 is 4.74 Å². The summed E-state index contributed by atoms with van der Waals surface area (Å²) >= 11 is 0. The molecule has 2 fully saturated rings. The predicted octanol–water partition coefficient (Wildman–Crippen LogP) is 4.74. The minimum absolute atomic E-state index is 0.454. The summed E-state index contributed by atoms with van der Waals surface area (Å²) in [4.78, 5) is 0. The molecule has 1 saturated heterocycles. The Morgan fingerprint density at radius 1 is 1.05 bits per heavy atom. The molecule has 106 valence electrons. The van der Waals surface area contributed by atoms with E-state index in [-0.39, 0.29) is 0 Å². The lowest BCUT2D eigenvalue weighted by molar-refractivity contribution is -0.0809. The highest BCUT2D eigenvalue weighted by Gasteiger charge is 2.45. The molecule has 0 radical (unpaired) electrons. The van der Waals surface area contributed by atoms with Crippen molar-refractivity contribution in [2.24, 2.45) is 23.7 Å². The molecule has 5 unspecified atom stereocenters. The molecule has 1 saturated carbocycles. The van der Waals surface area contributed by atoms with E-state index in [0.717, 1.165) is 30.3 Å². The molecular weight excluding hydrogens is 232 g/mol. The fourth-order valence-electron chi connectivity index (χ4n) is 4.77. The van der Waals surface area contributed by atoms with E-state index in [1.54, 1.807) is 5.57 Å². The Morgan fingerprint density at radius 3 is 2.84 bits per heavy atom. The molecule has 0 N–H and O–H groups in total. The van der Waals surface area contributed by atoms with Gasteiger partial charge in [-0.25, -0.2) is 0 Å². The van der Waals surface area contributed by atoms with Gasteiger partial charge in [0, 0.05) is 0 Å². The van der Waals surface area contributed by atoms with Gasteiger partial charge in [-0.3, -0.25) is 0 Å². The van der Waals surface area contributed by atoms with Gasteiger partial charge in [-0.15, -0.1) is 0 Å². The van der Waals surface area contributed by atoms with Crippen molar-refractivity contribution in [3.63, 3.8) is 0 Å². The van der Waals surface area contributed by atoms with E-state index in [9.17, 15) is 0 Å². The minimum Gasteiger partial charge on any atom is -0.374 e. The maximum atomic E-state index is 6.11. The number of fused-ring (bicyclic) bond motifs is 5. The van der Waals surface area contributed by atoms with Crippen LogP contribution in [-0.4, -0.2) is 12.7 Å². The molecular formula is C18H28O. The highest BCUT2D eigenvalue weighted by Crippen LogP contribution is 2.50. The van der Waals surface area contributed by atoms with Gasteiger partial charge >= 0.3 is 0 Å². The molecule has 3 aliphatic carbocycles. The van der Waals surface area contributed by atoms with Crippen LogP contribution in [0.5, 0.6) is 0 Å². The van der Waals surface area contributed by atoms with E-state index < -0.39 is 0 Å². The van der Waals surface area contributed by atoms with Crippen molar-refractivity contribution in [2.75, 3.05) is 6.61 Å². The van der Waals surface area contributed by atoms with Crippen LogP contribution in [0.25, 0.3) is 0 Å². The molecule has 4 rings (SSSR count). The summed E-state index contributed by atoms with van der Waals surface area (Å²) in [6.45, 7) is 5.03. The first kappa shape index (κ1) is 13.4. The lowest BCUT2D eigenvalue weighted by Gasteiger charge is -2.48. The molecule has 0 aromatic carbocycles. The van der Waals surface area contributed by atoms with Gasteiger partial charge in [-0.05, 0) is 55.8 Å². The minimum atomic E-state index is 0.454. The zero-order chi connectivity index (χ0) is 13.2. The van der Waals surface area contributed by atoms with E-state index in [0.29, 0.717) is 6.10 Å². The van der Waals surface area contributed by atoms with E-state index in [1.165, 1.54) is 38.5 Å². The third-order valence-electron chi connectivity index (χ3n) is 5.61. The molecule has 0 aromatic rings. The van der Waals surface area contributed by atoms with Crippen LogP contribution >= 0.6 is 0 Å². The zero-order valence-corrected chi connectivity index (χ0v) is 12.5. The van der Waals surface area contributed by atoms with Crippen molar-refractivity contribution in [1.29, 1.82) is 0 Å². The highest BCUT2D eigenvalue weighted by atomic mass is 16.5. The standard InChI is InChI=1S/C16H22O.C2H6/c1-2-5-12-11(4-1)8-9-13-14-6-3-7-16(14)17-10-15(12)13;1-2/h3,7-8,12-16H,1-2,4-6,9-10H2;1-2H3. The van der Waals surface area contributed by atoms with Crippen LogP contribution in [0.15, 0.2) is 23.8 Å². The van der Waals surface area contributed by atoms with Gasteiger partial charge in [-0.1, -0.05) is 44.1 Å². The molecule has 5 atom stereocenters. The topological polar surface area (TPSA) is 9.23 Å². The fourth-order valence-corrected chi connectivity index (χ4v) is 4.77. The van der Waals surface area contributed by atoms with Crippen LogP contribution in [0.4, 0.5) is 0 Å². The number of ether oxygens (including phenoxy) is 1. The van der Waals surface area contributed by atoms with Gasteiger partial charge in [0.25, 0.3) is 0 Å². The molecule has 1 heterocycles. The number of hydrogen-bond acceptors (Lipinski definition) is 1. The molecule has 1 nitrogen and oxygen atoms in total. The Bertz CT molecular complexity index is 368. The maximum absolute atomic E-state index is 6.11. The Balaban J connectivity index is 0.000000528. The predicted molar refractivity (Wildman–Crippen MR) is 80.0 cm³/mol. The van der Waals surface area contributed by atoms with Gasteiger partial charge in [0.2, 0.25) is 0 Å². The first-order chi connectivity index (χ1) is 9.43. The summed E-state index contributed by atoms with van der Waals surface area (Å²) in [6, 6.07) is 0. The Hall–Kier alpha value is -0.560. The van der Waals surface area contributed by atoms with Crippen molar-refractivity contribution in [3.8, 4) is 0 Å². The summed E-state index contributed by atoms with van der Waals surface area (Å²) in [5.41, 5.74) is 1.78. The number of rotatable bonds is 0. The Labute approximate surface area is 118 Å². The van der Waals surface area contributed by atoms with E-state index in [4.69, 9.17) is 4.74 Å². The van der Waals surface area contributed by atoms with Crippen molar-refractivity contribution in [3.05, 3.63) is 23.8 Å². The highest BCUT2D eigenvalue weighted by molar-refractivity contribution is 5.19. The summed E-state index contributed by atoms with van der Waals surface area (Å²) in [5.74, 6) is 3.43. The van der Waals surface area contributed by atoms with Gasteiger partial charge in [0.05, 0.1) is 12.7 Å². The van der Waals surface area contributed by atoms with Gasteiger partial charge in [0.1, 0.15) is 0 Å². The first-order valence-electron chi connectivity index (χ1n) is 8.40. The van der Waals surface area contributed by atoms with Crippen LogP contribution < -0.4 is 0 Å². The molecule has 0 spiro atoms. The number of hydrogen-bond donors (Lipinski definition) is 0. The number of allylic oxidation sites excluding steroid dienone is 3. The van der Waals surface area contributed by atoms with Crippen LogP contribution in [0.3, 0.4) is 0 Å². The summed E-state index contributed by atoms with van der Waals surface area (Å²) in [7, 11) is 0. The van der Waals surface area contributed by atoms with Crippen LogP contribution in [0.2, 0.25) is 0 Å². The molecule has 0 aromatic heterocycles. The lowest BCUT2D eigenvalue weighted by atomic mass is 9.62. The molecule has 19 heavy (non-hydrogen) atoms. The largest absolute Gasteiger partial charge is 0.374 e. The monoisotopic (exact) mass is 260 g/mol. The quantitative estimate of drug-likeness (QED) is 0.572. The Morgan fingerprint density at radius 2 is 1.95 bits per heavy atom. The Kier molecular flexibility index (Phi) is 4.12. The lowest BCUT2D eigenvalue weighted by Crippen LogP contribution is -2.45. The molecule has 0 amide bonds. The van der Waals surface area contributed by atoms with Crippen molar-refractivity contribution in [1.82, 2.24) is 0 Å². The van der Waals surface area contributed by atoms with Crippen molar-refractivity contribution >= 4 is 0 Å². The van der Waals surface area contributed by atoms with E-state index in [2.05, 4.69) is 18.2 Å². The van der Waals surface area contributed by atoms with E-state index >= 15 is 0 Å². The molecule has 0 bridgehead atoms. The summed E-state index contributed by atoms with van der Waals surface area (Å²) in [6.07, 6.45) is 16.0. The second kappa shape index (κ2) is 5.83. The second-order valence-corrected chi connectivity index (χ2v) is 6.32. The molecule has 1 heteroatoms. The fraction of sp³-hybridized carbons (Fsp3) is 0.778. The van der Waals surface area contributed by atoms with Gasteiger partial charge in [0.15, 0.2) is 0 Å². The second-order valence-electron chi connectivity index (χ2n) is 6.32. The summed E-state index contributed by atoms with van der Waals surface area (Å²) < 4.78 is 6.11. The molecule has 4 aliphatic rings. The summed E-state index contributed by atoms with van der Waals surface area (Å²) in [5, 5.41) is 0. The van der Waals surface area contributed by atoms with E-state index in [1.807, 2.05) is 13.8 Å². The average molecular weight is 260 g/mol. The molecule has 1 aliphatic heterocycles. The SMILES string of the molecule is C1=CC2OCC3C4CCCCC4=CCC3C2C1.CC. The maximum Gasteiger partial charge on any atom is 0.0789 e. The zero-order valence-electron chi connectivity index (χ0n) is 12.5. The normalized spacial score (nSPS) is 43.3. The third-order valence-corrected chi connectivity index (χ3v) is 5.61. The average Bonchev–Trinajstić information content (AvgIpc) is 2.97. The smallest absolute Gasteiger partial charge is 0.0789 e. The van der Waals surface area contributed by atoms with Crippen LogP contribution in [0.1, 0.15) is 52.4 Å². The van der Waals surface area contributed by atoms with Crippen LogP contribution in [-0.2, 0) is 4.74 Å². The van der Waals surface area contributed by atoms with Crippen molar-refractivity contribution in [2.45, 2.75) is 58.5 Å². The third kappa shape index (κ3) is 2.31. The van der Waals surface area contributed by atoms with Gasteiger partial charge in [-0.2, -0.15) is 0 Å². The van der Waals surface area contributed by atoms with Crippen molar-refractivity contribution < 1.29 is 4.74 Å². The first-order valence-corrected chi connectivity index (χ1v) is 8.40.